The molecule has 1 aliphatic rings. The molecule has 2 aromatic rings. The van der Waals surface area contributed by atoms with Gasteiger partial charge in [0.05, 0.1) is 31.3 Å². The summed E-state index contributed by atoms with van der Waals surface area (Å²) in [5.74, 6) is 0. The van der Waals surface area contributed by atoms with E-state index in [0.717, 1.165) is 31.9 Å². The number of morpholine rings is 1. The van der Waals surface area contributed by atoms with Crippen LogP contribution in [0.5, 0.6) is 0 Å². The average Bonchev–Trinajstić information content (AvgIpc) is 2.94. The summed E-state index contributed by atoms with van der Waals surface area (Å²) in [6.07, 6.45) is 4.33. The normalized spacial score (nSPS) is 19.9. The second kappa shape index (κ2) is 5.29. The van der Waals surface area contributed by atoms with E-state index < -0.39 is 0 Å². The monoisotopic (exact) mass is 244 g/mol. The Kier molecular flexibility index (Phi) is 3.34. The standard InChI is InChI=1S/C13H16N4O/c1-2-11(8-12-10-18-7-6-14-12)9-13(3-1)17-15-4-5-16-17/h1-5,9,12,14H,6-8,10H2/t12-/m1/s1. The first-order valence-corrected chi connectivity index (χ1v) is 6.18. The fourth-order valence-electron chi connectivity index (χ4n) is 2.19. The van der Waals surface area contributed by atoms with Gasteiger partial charge in [-0.05, 0) is 24.1 Å². The predicted molar refractivity (Wildman–Crippen MR) is 67.7 cm³/mol. The molecular formula is C13H16N4O. The second-order valence-electron chi connectivity index (χ2n) is 4.42. The smallest absolute Gasteiger partial charge is 0.0859 e. The van der Waals surface area contributed by atoms with Crippen LogP contribution in [0.25, 0.3) is 5.69 Å². The fourth-order valence-corrected chi connectivity index (χ4v) is 2.19. The summed E-state index contributed by atoms with van der Waals surface area (Å²) in [5.41, 5.74) is 2.27. The van der Waals surface area contributed by atoms with Gasteiger partial charge >= 0.3 is 0 Å². The Bertz CT molecular complexity index is 491. The molecule has 18 heavy (non-hydrogen) atoms. The van der Waals surface area contributed by atoms with Crippen molar-refractivity contribution in [2.24, 2.45) is 0 Å². The van der Waals surface area contributed by atoms with Gasteiger partial charge in [-0.3, -0.25) is 0 Å². The molecule has 5 nitrogen and oxygen atoms in total. The predicted octanol–water partition coefficient (Wildman–Crippen LogP) is 0.798. The minimum atomic E-state index is 0.402. The zero-order valence-corrected chi connectivity index (χ0v) is 10.1. The van der Waals surface area contributed by atoms with Crippen molar-refractivity contribution in [2.75, 3.05) is 19.8 Å². The van der Waals surface area contributed by atoms with Gasteiger partial charge in [0.25, 0.3) is 0 Å². The summed E-state index contributed by atoms with van der Waals surface area (Å²) < 4.78 is 5.46. The minimum absolute atomic E-state index is 0.402. The van der Waals surface area contributed by atoms with Crippen LogP contribution in [0.1, 0.15) is 5.56 Å². The summed E-state index contributed by atoms with van der Waals surface area (Å²) in [4.78, 5) is 1.63. The van der Waals surface area contributed by atoms with Gasteiger partial charge < -0.3 is 10.1 Å². The van der Waals surface area contributed by atoms with Crippen molar-refractivity contribution in [2.45, 2.75) is 12.5 Å². The Morgan fingerprint density at radius 3 is 3.00 bits per heavy atom. The van der Waals surface area contributed by atoms with Gasteiger partial charge in [-0.25, -0.2) is 0 Å². The summed E-state index contributed by atoms with van der Waals surface area (Å²) in [6, 6.07) is 8.70. The SMILES string of the molecule is c1cc(C[C@@H]2COCCN2)cc(-n2nccn2)c1. The number of nitrogens with zero attached hydrogens (tertiary/aromatic N) is 3. The van der Waals surface area contributed by atoms with Crippen LogP contribution in [0.15, 0.2) is 36.7 Å². The van der Waals surface area contributed by atoms with E-state index in [1.807, 2.05) is 12.1 Å². The molecule has 0 unspecified atom stereocenters. The first-order valence-electron chi connectivity index (χ1n) is 6.18. The topological polar surface area (TPSA) is 52.0 Å². The summed E-state index contributed by atoms with van der Waals surface area (Å²) >= 11 is 0. The van der Waals surface area contributed by atoms with Crippen molar-refractivity contribution in [3.05, 3.63) is 42.2 Å². The Balaban J connectivity index is 1.74. The second-order valence-corrected chi connectivity index (χ2v) is 4.42. The Labute approximate surface area is 106 Å². The van der Waals surface area contributed by atoms with E-state index in [1.54, 1.807) is 17.2 Å². The lowest BCUT2D eigenvalue weighted by Gasteiger charge is -2.23. The molecule has 0 saturated carbocycles. The highest BCUT2D eigenvalue weighted by Gasteiger charge is 2.13. The van der Waals surface area contributed by atoms with Crippen LogP contribution in [0, 0.1) is 0 Å². The number of aromatic nitrogens is 3. The summed E-state index contributed by atoms with van der Waals surface area (Å²) in [6.45, 7) is 2.53. The molecule has 1 saturated heterocycles. The molecule has 0 bridgehead atoms. The van der Waals surface area contributed by atoms with Gasteiger partial charge in [0.1, 0.15) is 0 Å². The number of hydrogen-bond donors (Lipinski definition) is 1. The van der Waals surface area contributed by atoms with Crippen LogP contribution >= 0.6 is 0 Å². The molecule has 1 aliphatic heterocycles. The Morgan fingerprint density at radius 1 is 1.33 bits per heavy atom. The van der Waals surface area contributed by atoms with Crippen LogP contribution in [-0.4, -0.2) is 40.8 Å². The zero-order valence-electron chi connectivity index (χ0n) is 10.1. The van der Waals surface area contributed by atoms with E-state index in [-0.39, 0.29) is 0 Å². The lowest BCUT2D eigenvalue weighted by molar-refractivity contribution is 0.0770. The van der Waals surface area contributed by atoms with Crippen molar-refractivity contribution in [1.29, 1.82) is 0 Å². The molecule has 1 fully saturated rings. The molecule has 94 valence electrons. The van der Waals surface area contributed by atoms with E-state index >= 15 is 0 Å². The van der Waals surface area contributed by atoms with Gasteiger partial charge in [0.2, 0.25) is 0 Å². The third kappa shape index (κ3) is 2.57. The molecule has 3 rings (SSSR count). The molecule has 2 heterocycles. The van der Waals surface area contributed by atoms with Crippen molar-refractivity contribution in [3.8, 4) is 5.69 Å². The maximum Gasteiger partial charge on any atom is 0.0859 e. The van der Waals surface area contributed by atoms with Crippen LogP contribution < -0.4 is 5.32 Å². The van der Waals surface area contributed by atoms with Crippen molar-refractivity contribution in [3.63, 3.8) is 0 Å². The molecule has 1 aromatic heterocycles. The molecule has 1 atom stereocenters. The Hall–Kier alpha value is -1.72. The van der Waals surface area contributed by atoms with Crippen molar-refractivity contribution < 1.29 is 4.74 Å². The first-order chi connectivity index (χ1) is 8.92. The molecule has 0 aliphatic carbocycles. The van der Waals surface area contributed by atoms with Gasteiger partial charge in [-0.1, -0.05) is 12.1 Å². The number of rotatable bonds is 3. The van der Waals surface area contributed by atoms with E-state index in [9.17, 15) is 0 Å². The van der Waals surface area contributed by atoms with Crippen molar-refractivity contribution in [1.82, 2.24) is 20.3 Å². The number of benzene rings is 1. The van der Waals surface area contributed by atoms with E-state index in [1.165, 1.54) is 5.56 Å². The lowest BCUT2D eigenvalue weighted by Crippen LogP contribution is -2.42. The molecule has 1 aromatic carbocycles. The molecule has 0 spiro atoms. The number of hydrogen-bond acceptors (Lipinski definition) is 4. The van der Waals surface area contributed by atoms with Gasteiger partial charge in [-0.2, -0.15) is 15.0 Å². The third-order valence-electron chi connectivity index (χ3n) is 3.04. The van der Waals surface area contributed by atoms with E-state index in [4.69, 9.17) is 4.74 Å². The molecule has 0 radical (unpaired) electrons. The van der Waals surface area contributed by atoms with Crippen LogP contribution in [0.4, 0.5) is 0 Å². The summed E-state index contributed by atoms with van der Waals surface area (Å²) in [5, 5.41) is 11.7. The van der Waals surface area contributed by atoms with Gasteiger partial charge in [0.15, 0.2) is 0 Å². The fraction of sp³-hybridized carbons (Fsp3) is 0.385. The Morgan fingerprint density at radius 2 is 2.22 bits per heavy atom. The van der Waals surface area contributed by atoms with Crippen LogP contribution in [0.2, 0.25) is 0 Å². The quantitative estimate of drug-likeness (QED) is 0.867. The van der Waals surface area contributed by atoms with Crippen LogP contribution in [0.3, 0.4) is 0 Å². The zero-order chi connectivity index (χ0) is 12.2. The van der Waals surface area contributed by atoms with E-state index in [2.05, 4.69) is 27.6 Å². The van der Waals surface area contributed by atoms with Gasteiger partial charge in [0, 0.05) is 12.6 Å². The largest absolute Gasteiger partial charge is 0.379 e. The molecule has 1 N–H and O–H groups in total. The van der Waals surface area contributed by atoms with Crippen LogP contribution in [-0.2, 0) is 11.2 Å². The number of nitrogens with one attached hydrogen (secondary N) is 1. The molecular weight excluding hydrogens is 228 g/mol. The summed E-state index contributed by atoms with van der Waals surface area (Å²) in [7, 11) is 0. The highest BCUT2D eigenvalue weighted by Crippen LogP contribution is 2.11. The first kappa shape index (κ1) is 11.4. The number of ether oxygens (including phenoxy) is 1. The maximum atomic E-state index is 5.46. The van der Waals surface area contributed by atoms with Gasteiger partial charge in [-0.15, -0.1) is 0 Å². The molecule has 5 heteroatoms. The molecule has 0 amide bonds. The highest BCUT2D eigenvalue weighted by atomic mass is 16.5. The lowest BCUT2D eigenvalue weighted by atomic mass is 10.1. The third-order valence-corrected chi connectivity index (χ3v) is 3.04. The highest BCUT2D eigenvalue weighted by molar-refractivity contribution is 5.34. The minimum Gasteiger partial charge on any atom is -0.379 e. The van der Waals surface area contributed by atoms with E-state index in [0.29, 0.717) is 6.04 Å². The average molecular weight is 244 g/mol. The van der Waals surface area contributed by atoms with Crippen molar-refractivity contribution >= 4 is 0 Å². The maximum absolute atomic E-state index is 5.46.